The van der Waals surface area contributed by atoms with E-state index in [1.54, 1.807) is 0 Å². The van der Waals surface area contributed by atoms with Crippen LogP contribution in [0.3, 0.4) is 0 Å². The molecule has 4 heteroatoms. The van der Waals surface area contributed by atoms with Crippen LogP contribution in [0.2, 0.25) is 0 Å². The van der Waals surface area contributed by atoms with Gasteiger partial charge >= 0.3 is 0 Å². The van der Waals surface area contributed by atoms with Crippen molar-refractivity contribution in [2.24, 2.45) is 0 Å². The third-order valence-corrected chi connectivity index (χ3v) is 2.51. The lowest BCUT2D eigenvalue weighted by molar-refractivity contribution is 0.0953. The van der Waals surface area contributed by atoms with E-state index in [-0.39, 0.29) is 5.91 Å². The van der Waals surface area contributed by atoms with Crippen LogP contribution in [-0.2, 0) is 0 Å². The van der Waals surface area contributed by atoms with Gasteiger partial charge in [-0.1, -0.05) is 12.1 Å². The summed E-state index contributed by atoms with van der Waals surface area (Å²) in [7, 11) is 5.87. The molecule has 0 saturated carbocycles. The fourth-order valence-corrected chi connectivity index (χ4v) is 1.59. The van der Waals surface area contributed by atoms with Crippen LogP contribution in [0.1, 0.15) is 16.8 Å². The van der Waals surface area contributed by atoms with E-state index in [0.717, 1.165) is 18.7 Å². The second-order valence-corrected chi connectivity index (χ2v) is 4.21. The Labute approximate surface area is 103 Å². The number of para-hydroxylation sites is 1. The molecule has 1 aromatic carbocycles. The van der Waals surface area contributed by atoms with Crippen LogP contribution in [0.25, 0.3) is 0 Å². The van der Waals surface area contributed by atoms with E-state index in [4.69, 9.17) is 0 Å². The van der Waals surface area contributed by atoms with Crippen molar-refractivity contribution in [3.63, 3.8) is 0 Å². The number of hydrogen-bond donors (Lipinski definition) is 2. The van der Waals surface area contributed by atoms with Gasteiger partial charge < -0.3 is 15.5 Å². The van der Waals surface area contributed by atoms with Gasteiger partial charge in [-0.15, -0.1) is 0 Å². The highest BCUT2D eigenvalue weighted by atomic mass is 16.1. The summed E-state index contributed by atoms with van der Waals surface area (Å²) in [6.45, 7) is 1.68. The molecule has 0 heterocycles. The van der Waals surface area contributed by atoms with Crippen LogP contribution in [0, 0.1) is 0 Å². The highest BCUT2D eigenvalue weighted by Gasteiger charge is 2.08. The number of carbonyl (C=O) groups is 1. The average Bonchev–Trinajstić information content (AvgIpc) is 2.34. The first-order valence-corrected chi connectivity index (χ1v) is 5.85. The predicted molar refractivity (Wildman–Crippen MR) is 71.5 cm³/mol. The second kappa shape index (κ2) is 6.91. The lowest BCUT2D eigenvalue weighted by atomic mass is 10.1. The Bertz CT molecular complexity index is 363. The normalized spacial score (nSPS) is 10.4. The number of nitrogens with one attached hydrogen (secondary N) is 2. The number of rotatable bonds is 6. The predicted octanol–water partition coefficient (Wildman–Crippen LogP) is 1.41. The van der Waals surface area contributed by atoms with Gasteiger partial charge in [0.25, 0.3) is 5.91 Å². The number of nitrogens with zero attached hydrogens (tertiary/aromatic N) is 1. The Hall–Kier alpha value is -1.55. The van der Waals surface area contributed by atoms with E-state index in [1.807, 2.05) is 45.4 Å². The number of amides is 1. The van der Waals surface area contributed by atoms with E-state index in [2.05, 4.69) is 15.5 Å². The molecule has 0 saturated heterocycles. The second-order valence-electron chi connectivity index (χ2n) is 4.21. The van der Waals surface area contributed by atoms with Crippen LogP contribution in [-0.4, -0.2) is 45.0 Å². The maximum absolute atomic E-state index is 11.9. The summed E-state index contributed by atoms with van der Waals surface area (Å²) in [4.78, 5) is 14.0. The Morgan fingerprint density at radius 3 is 2.65 bits per heavy atom. The van der Waals surface area contributed by atoms with Crippen molar-refractivity contribution in [3.8, 4) is 0 Å². The summed E-state index contributed by atoms with van der Waals surface area (Å²) in [5.74, 6) is -0.0197. The van der Waals surface area contributed by atoms with E-state index < -0.39 is 0 Å². The van der Waals surface area contributed by atoms with Gasteiger partial charge in [-0.2, -0.15) is 0 Å². The molecular weight excluding hydrogens is 214 g/mol. The maximum Gasteiger partial charge on any atom is 0.253 e. The Morgan fingerprint density at radius 2 is 2.00 bits per heavy atom. The minimum absolute atomic E-state index is 0.0197. The molecule has 1 aromatic rings. The zero-order valence-corrected chi connectivity index (χ0v) is 10.8. The van der Waals surface area contributed by atoms with Gasteiger partial charge in [0.2, 0.25) is 0 Å². The number of hydrogen-bond acceptors (Lipinski definition) is 3. The molecule has 2 N–H and O–H groups in total. The Morgan fingerprint density at radius 1 is 1.29 bits per heavy atom. The third-order valence-electron chi connectivity index (χ3n) is 2.51. The molecule has 0 aliphatic heterocycles. The van der Waals surface area contributed by atoms with Gasteiger partial charge in [0.1, 0.15) is 0 Å². The first-order valence-electron chi connectivity index (χ1n) is 5.85. The molecule has 0 atom stereocenters. The van der Waals surface area contributed by atoms with Crippen molar-refractivity contribution in [1.82, 2.24) is 10.2 Å². The first-order chi connectivity index (χ1) is 8.15. The van der Waals surface area contributed by atoms with E-state index in [0.29, 0.717) is 12.1 Å². The molecule has 94 valence electrons. The van der Waals surface area contributed by atoms with Crippen LogP contribution in [0.15, 0.2) is 24.3 Å². The van der Waals surface area contributed by atoms with Gasteiger partial charge in [0.05, 0.1) is 5.56 Å². The van der Waals surface area contributed by atoms with Crippen molar-refractivity contribution >= 4 is 11.6 Å². The van der Waals surface area contributed by atoms with Crippen LogP contribution in [0.5, 0.6) is 0 Å². The largest absolute Gasteiger partial charge is 0.387 e. The quantitative estimate of drug-likeness (QED) is 0.733. The highest BCUT2D eigenvalue weighted by molar-refractivity contribution is 5.99. The van der Waals surface area contributed by atoms with E-state index in [9.17, 15) is 4.79 Å². The summed E-state index contributed by atoms with van der Waals surface area (Å²) in [6.07, 6.45) is 0.959. The molecular formula is C13H21N3O. The monoisotopic (exact) mass is 235 g/mol. The zero-order valence-electron chi connectivity index (χ0n) is 10.8. The van der Waals surface area contributed by atoms with Crippen molar-refractivity contribution in [2.75, 3.05) is 39.5 Å². The van der Waals surface area contributed by atoms with Gasteiger partial charge in [0.15, 0.2) is 0 Å². The van der Waals surface area contributed by atoms with E-state index >= 15 is 0 Å². The molecule has 0 fully saturated rings. The molecule has 0 aliphatic rings. The fraction of sp³-hybridized carbons (Fsp3) is 0.462. The molecule has 0 bridgehead atoms. The van der Waals surface area contributed by atoms with Gasteiger partial charge in [0, 0.05) is 19.3 Å². The van der Waals surface area contributed by atoms with Crippen LogP contribution < -0.4 is 10.6 Å². The summed E-state index contributed by atoms with van der Waals surface area (Å²) in [6, 6.07) is 7.51. The van der Waals surface area contributed by atoms with Crippen LogP contribution in [0.4, 0.5) is 5.69 Å². The standard InChI is InChI=1S/C13H21N3O/c1-14-12-8-5-4-7-11(12)13(17)15-9-6-10-16(2)3/h4-5,7-8,14H,6,9-10H2,1-3H3,(H,15,17). The lowest BCUT2D eigenvalue weighted by Crippen LogP contribution is -2.27. The minimum atomic E-state index is -0.0197. The van der Waals surface area contributed by atoms with Gasteiger partial charge in [-0.3, -0.25) is 4.79 Å². The molecule has 1 rings (SSSR count). The average molecular weight is 235 g/mol. The number of benzene rings is 1. The third kappa shape index (κ3) is 4.44. The first kappa shape index (κ1) is 13.5. The van der Waals surface area contributed by atoms with Crippen LogP contribution >= 0.6 is 0 Å². The molecule has 0 spiro atoms. The number of carbonyl (C=O) groups excluding carboxylic acids is 1. The summed E-state index contributed by atoms with van der Waals surface area (Å²) >= 11 is 0. The molecule has 0 unspecified atom stereocenters. The Kier molecular flexibility index (Phi) is 5.49. The lowest BCUT2D eigenvalue weighted by Gasteiger charge is -2.11. The van der Waals surface area contributed by atoms with Gasteiger partial charge in [-0.05, 0) is 39.2 Å². The molecule has 4 nitrogen and oxygen atoms in total. The molecule has 1 amide bonds. The summed E-state index contributed by atoms with van der Waals surface area (Å²) in [5, 5.41) is 5.94. The highest BCUT2D eigenvalue weighted by Crippen LogP contribution is 2.13. The van der Waals surface area contributed by atoms with E-state index in [1.165, 1.54) is 0 Å². The Balaban J connectivity index is 2.47. The SMILES string of the molecule is CNc1ccccc1C(=O)NCCCN(C)C. The molecule has 0 aromatic heterocycles. The van der Waals surface area contributed by atoms with Gasteiger partial charge in [-0.25, -0.2) is 0 Å². The molecule has 0 aliphatic carbocycles. The summed E-state index contributed by atoms with van der Waals surface area (Å²) in [5.41, 5.74) is 1.55. The smallest absolute Gasteiger partial charge is 0.253 e. The maximum atomic E-state index is 11.9. The molecule has 17 heavy (non-hydrogen) atoms. The topological polar surface area (TPSA) is 44.4 Å². The fourth-order valence-electron chi connectivity index (χ4n) is 1.59. The van der Waals surface area contributed by atoms with Crippen molar-refractivity contribution < 1.29 is 4.79 Å². The van der Waals surface area contributed by atoms with Crippen molar-refractivity contribution in [3.05, 3.63) is 29.8 Å². The van der Waals surface area contributed by atoms with Crippen molar-refractivity contribution in [2.45, 2.75) is 6.42 Å². The summed E-state index contributed by atoms with van der Waals surface area (Å²) < 4.78 is 0. The zero-order chi connectivity index (χ0) is 12.7. The number of anilines is 1. The van der Waals surface area contributed by atoms with Crippen molar-refractivity contribution in [1.29, 1.82) is 0 Å². The molecule has 0 radical (unpaired) electrons. The minimum Gasteiger partial charge on any atom is -0.387 e.